The number of carbonyl (C=O) groups excluding carboxylic acids is 2. The molecule has 1 N–H and O–H groups in total. The molecule has 6 heteroatoms. The zero-order valence-electron chi connectivity index (χ0n) is 9.48. The fourth-order valence-corrected chi connectivity index (χ4v) is 1.17. The van der Waals surface area contributed by atoms with Crippen LogP contribution in [0.15, 0.2) is 12.1 Å². The van der Waals surface area contributed by atoms with E-state index < -0.39 is 5.97 Å². The Kier molecular flexibility index (Phi) is 4.17. The summed E-state index contributed by atoms with van der Waals surface area (Å²) in [5.41, 5.74) is 0.248. The Balaban J connectivity index is 3.16. The Labute approximate surface area is 98.2 Å². The lowest BCUT2D eigenvalue weighted by Gasteiger charge is -2.08. The highest BCUT2D eigenvalue weighted by atomic mass is 16.5. The third-order valence-corrected chi connectivity index (χ3v) is 1.79. The summed E-state index contributed by atoms with van der Waals surface area (Å²) in [5, 5.41) is 11.1. The van der Waals surface area contributed by atoms with Gasteiger partial charge in [-0.2, -0.15) is 5.26 Å². The summed E-state index contributed by atoms with van der Waals surface area (Å²) in [6, 6.07) is 4.67. The van der Waals surface area contributed by atoms with E-state index >= 15 is 0 Å². The van der Waals surface area contributed by atoms with Gasteiger partial charge in [0.05, 0.1) is 12.3 Å². The SMILES string of the molecule is CCOC(=O)c1nc(C#N)ccc1NC(C)=O. The number of carbonyl (C=O) groups is 2. The molecule has 0 atom stereocenters. The maximum absolute atomic E-state index is 11.6. The summed E-state index contributed by atoms with van der Waals surface area (Å²) in [4.78, 5) is 26.3. The first-order valence-electron chi connectivity index (χ1n) is 4.94. The van der Waals surface area contributed by atoms with Gasteiger partial charge in [0.1, 0.15) is 11.8 Å². The van der Waals surface area contributed by atoms with Gasteiger partial charge in [-0.25, -0.2) is 9.78 Å². The van der Waals surface area contributed by atoms with Crippen molar-refractivity contribution < 1.29 is 14.3 Å². The van der Waals surface area contributed by atoms with E-state index in [1.165, 1.54) is 19.1 Å². The molecule has 1 heterocycles. The van der Waals surface area contributed by atoms with Gasteiger partial charge in [-0.3, -0.25) is 4.79 Å². The van der Waals surface area contributed by atoms with E-state index in [2.05, 4.69) is 10.3 Å². The summed E-state index contributed by atoms with van der Waals surface area (Å²) in [6.45, 7) is 3.16. The number of amides is 1. The molecular weight excluding hydrogens is 222 g/mol. The van der Waals surface area contributed by atoms with Gasteiger partial charge in [-0.1, -0.05) is 0 Å². The smallest absolute Gasteiger partial charge is 0.359 e. The Hall–Kier alpha value is -2.42. The second-order valence-electron chi connectivity index (χ2n) is 3.11. The van der Waals surface area contributed by atoms with Crippen molar-refractivity contribution in [3.05, 3.63) is 23.5 Å². The number of anilines is 1. The lowest BCUT2D eigenvalue weighted by molar-refractivity contribution is -0.114. The largest absolute Gasteiger partial charge is 0.461 e. The average molecular weight is 233 g/mol. The summed E-state index contributed by atoms with van der Waals surface area (Å²) in [7, 11) is 0. The lowest BCUT2D eigenvalue weighted by Crippen LogP contribution is -2.15. The van der Waals surface area contributed by atoms with Gasteiger partial charge in [0.15, 0.2) is 5.69 Å². The topological polar surface area (TPSA) is 92.1 Å². The molecule has 88 valence electrons. The number of ether oxygens (including phenoxy) is 1. The molecule has 1 amide bonds. The number of nitrogens with one attached hydrogen (secondary N) is 1. The van der Waals surface area contributed by atoms with E-state index in [1.54, 1.807) is 6.92 Å². The monoisotopic (exact) mass is 233 g/mol. The summed E-state index contributed by atoms with van der Waals surface area (Å²) in [5.74, 6) is -1.00. The van der Waals surface area contributed by atoms with Crippen molar-refractivity contribution in [1.29, 1.82) is 5.26 Å². The Morgan fingerprint density at radius 3 is 2.76 bits per heavy atom. The van der Waals surface area contributed by atoms with Gasteiger partial charge in [-0.05, 0) is 19.1 Å². The van der Waals surface area contributed by atoms with Crippen LogP contribution in [0.3, 0.4) is 0 Å². The minimum Gasteiger partial charge on any atom is -0.461 e. The van der Waals surface area contributed by atoms with Gasteiger partial charge in [-0.15, -0.1) is 0 Å². The first-order chi connectivity index (χ1) is 8.08. The maximum Gasteiger partial charge on any atom is 0.359 e. The van der Waals surface area contributed by atoms with Crippen molar-refractivity contribution >= 4 is 17.6 Å². The number of esters is 1. The summed E-state index contributed by atoms with van der Waals surface area (Å²) in [6.07, 6.45) is 0. The second-order valence-corrected chi connectivity index (χ2v) is 3.11. The zero-order chi connectivity index (χ0) is 12.8. The van der Waals surface area contributed by atoms with Gasteiger partial charge in [0, 0.05) is 6.92 Å². The molecule has 0 saturated heterocycles. The molecule has 0 aliphatic heterocycles. The van der Waals surface area contributed by atoms with Crippen LogP contribution in [-0.2, 0) is 9.53 Å². The number of rotatable bonds is 3. The quantitative estimate of drug-likeness (QED) is 0.789. The van der Waals surface area contributed by atoms with E-state index in [0.717, 1.165) is 0 Å². The van der Waals surface area contributed by atoms with E-state index in [9.17, 15) is 9.59 Å². The number of nitriles is 1. The predicted molar refractivity (Wildman–Crippen MR) is 59.2 cm³/mol. The summed E-state index contributed by atoms with van der Waals surface area (Å²) < 4.78 is 4.79. The van der Waals surface area contributed by atoms with Gasteiger partial charge < -0.3 is 10.1 Å². The number of hydrogen-bond acceptors (Lipinski definition) is 5. The molecule has 0 radical (unpaired) electrons. The van der Waals surface area contributed by atoms with Gasteiger partial charge >= 0.3 is 5.97 Å². The maximum atomic E-state index is 11.6. The molecule has 0 bridgehead atoms. The molecule has 0 aliphatic rings. The van der Waals surface area contributed by atoms with Crippen LogP contribution < -0.4 is 5.32 Å². The molecule has 1 rings (SSSR count). The second kappa shape index (κ2) is 5.61. The Bertz CT molecular complexity index is 491. The molecule has 0 saturated carbocycles. The molecule has 0 aliphatic carbocycles. The molecule has 1 aromatic heterocycles. The molecule has 0 unspecified atom stereocenters. The van der Waals surface area contributed by atoms with Crippen LogP contribution in [0.25, 0.3) is 0 Å². The third-order valence-electron chi connectivity index (χ3n) is 1.79. The van der Waals surface area contributed by atoms with Crippen molar-refractivity contribution in [2.75, 3.05) is 11.9 Å². The first-order valence-corrected chi connectivity index (χ1v) is 4.94. The van der Waals surface area contributed by atoms with Crippen LogP contribution in [0.5, 0.6) is 0 Å². The highest BCUT2D eigenvalue weighted by molar-refractivity contribution is 5.99. The van der Waals surface area contributed by atoms with Crippen molar-refractivity contribution in [2.24, 2.45) is 0 Å². The minimum absolute atomic E-state index is 0.0684. The van der Waals surface area contributed by atoms with Crippen molar-refractivity contribution in [3.63, 3.8) is 0 Å². The average Bonchev–Trinajstić information content (AvgIpc) is 2.29. The third kappa shape index (κ3) is 3.28. The zero-order valence-corrected chi connectivity index (χ0v) is 9.48. The van der Waals surface area contributed by atoms with E-state index in [1.807, 2.05) is 6.07 Å². The lowest BCUT2D eigenvalue weighted by atomic mass is 10.2. The van der Waals surface area contributed by atoms with Gasteiger partial charge in [0.25, 0.3) is 0 Å². The number of aromatic nitrogens is 1. The van der Waals surface area contributed by atoms with Crippen molar-refractivity contribution in [3.8, 4) is 6.07 Å². The molecule has 1 aromatic rings. The number of pyridine rings is 1. The highest BCUT2D eigenvalue weighted by Gasteiger charge is 2.16. The van der Waals surface area contributed by atoms with Crippen LogP contribution in [0.1, 0.15) is 30.0 Å². The normalized spacial score (nSPS) is 9.24. The standard InChI is InChI=1S/C11H11N3O3/c1-3-17-11(16)10-9(13-7(2)15)5-4-8(6-12)14-10/h4-5H,3H2,1-2H3,(H,13,15). The van der Waals surface area contributed by atoms with Crippen molar-refractivity contribution in [2.45, 2.75) is 13.8 Å². The predicted octanol–water partition coefficient (Wildman–Crippen LogP) is 1.09. The summed E-state index contributed by atoms with van der Waals surface area (Å²) >= 11 is 0. The highest BCUT2D eigenvalue weighted by Crippen LogP contribution is 2.15. The molecule has 6 nitrogen and oxygen atoms in total. The fraction of sp³-hybridized carbons (Fsp3) is 0.273. The molecule has 0 fully saturated rings. The first kappa shape index (κ1) is 12.6. The Morgan fingerprint density at radius 2 is 2.24 bits per heavy atom. The van der Waals surface area contributed by atoms with Crippen LogP contribution in [0.2, 0.25) is 0 Å². The van der Waals surface area contributed by atoms with Crippen LogP contribution in [0.4, 0.5) is 5.69 Å². The van der Waals surface area contributed by atoms with E-state index in [-0.39, 0.29) is 29.6 Å². The van der Waals surface area contributed by atoms with Crippen LogP contribution >= 0.6 is 0 Å². The van der Waals surface area contributed by atoms with Crippen LogP contribution in [-0.4, -0.2) is 23.5 Å². The molecule has 0 aromatic carbocycles. The Morgan fingerprint density at radius 1 is 1.53 bits per heavy atom. The number of hydrogen-bond donors (Lipinski definition) is 1. The number of nitrogens with zero attached hydrogens (tertiary/aromatic N) is 2. The van der Waals surface area contributed by atoms with Crippen LogP contribution in [0, 0.1) is 11.3 Å². The molecular formula is C11H11N3O3. The van der Waals surface area contributed by atoms with Crippen molar-refractivity contribution in [1.82, 2.24) is 4.98 Å². The molecule has 17 heavy (non-hydrogen) atoms. The van der Waals surface area contributed by atoms with Gasteiger partial charge in [0.2, 0.25) is 5.91 Å². The fourth-order valence-electron chi connectivity index (χ4n) is 1.17. The van der Waals surface area contributed by atoms with E-state index in [4.69, 9.17) is 10.00 Å². The molecule has 0 spiro atoms. The minimum atomic E-state index is -0.673. The van der Waals surface area contributed by atoms with E-state index in [0.29, 0.717) is 0 Å².